The highest BCUT2D eigenvalue weighted by Gasteiger charge is 2.18. The number of hydrogen-bond donors (Lipinski definition) is 0. The molecule has 1 nitrogen and oxygen atoms in total. The van der Waals surface area contributed by atoms with E-state index in [-0.39, 0.29) is 5.38 Å². The zero-order valence-electron chi connectivity index (χ0n) is 10.6. The van der Waals surface area contributed by atoms with Gasteiger partial charge < -0.3 is 4.74 Å². The highest BCUT2D eigenvalue weighted by molar-refractivity contribution is 6.33. The molecule has 0 aliphatic carbocycles. The lowest BCUT2D eigenvalue weighted by Gasteiger charge is -2.13. The monoisotopic (exact) mass is 292 g/mol. The van der Waals surface area contributed by atoms with Crippen LogP contribution in [0.25, 0.3) is 0 Å². The quantitative estimate of drug-likeness (QED) is 0.707. The van der Waals surface area contributed by atoms with E-state index in [0.717, 1.165) is 21.7 Å². The first kappa shape index (κ1) is 13.0. The number of ether oxygens (including phenoxy) is 1. The third-order valence-electron chi connectivity index (χ3n) is 3.47. The normalized spacial score (nSPS) is 15.3. The number of fused-ring (bicyclic) bond motifs is 1. The molecule has 1 aliphatic heterocycles. The minimum atomic E-state index is -0.223. The summed E-state index contributed by atoms with van der Waals surface area (Å²) in [4.78, 5) is 0. The molecule has 0 radical (unpaired) electrons. The van der Waals surface area contributed by atoms with Crippen LogP contribution in [0.3, 0.4) is 0 Å². The van der Waals surface area contributed by atoms with Crippen LogP contribution in [-0.2, 0) is 18.0 Å². The average molecular weight is 293 g/mol. The molecule has 3 rings (SSSR count). The second kappa shape index (κ2) is 5.16. The summed E-state index contributed by atoms with van der Waals surface area (Å²) in [5, 5.41) is 0.496. The second-order valence-electron chi connectivity index (χ2n) is 4.91. The van der Waals surface area contributed by atoms with Crippen molar-refractivity contribution in [2.45, 2.75) is 25.5 Å². The minimum absolute atomic E-state index is 0.223. The topological polar surface area (TPSA) is 9.23 Å². The maximum absolute atomic E-state index is 6.57. The van der Waals surface area contributed by atoms with Crippen LogP contribution in [0.1, 0.15) is 33.2 Å². The highest BCUT2D eigenvalue weighted by atomic mass is 35.5. The van der Waals surface area contributed by atoms with Gasteiger partial charge in [0.1, 0.15) is 0 Å². The van der Waals surface area contributed by atoms with Gasteiger partial charge in [-0.05, 0) is 40.8 Å². The first-order valence-electron chi connectivity index (χ1n) is 6.25. The van der Waals surface area contributed by atoms with Crippen molar-refractivity contribution in [2.75, 3.05) is 0 Å². The molecule has 0 saturated carbocycles. The molecule has 98 valence electrons. The van der Waals surface area contributed by atoms with E-state index in [1.165, 1.54) is 11.1 Å². The van der Waals surface area contributed by atoms with E-state index >= 15 is 0 Å². The molecular weight excluding hydrogens is 279 g/mol. The zero-order chi connectivity index (χ0) is 13.4. The van der Waals surface area contributed by atoms with Gasteiger partial charge in [-0.2, -0.15) is 0 Å². The molecule has 1 aliphatic rings. The van der Waals surface area contributed by atoms with E-state index in [4.69, 9.17) is 27.9 Å². The molecule has 0 bridgehead atoms. The first-order chi connectivity index (χ1) is 9.15. The predicted molar refractivity (Wildman–Crippen MR) is 78.8 cm³/mol. The Labute approximate surface area is 123 Å². The third kappa shape index (κ3) is 2.51. The fourth-order valence-corrected chi connectivity index (χ4v) is 3.09. The van der Waals surface area contributed by atoms with E-state index < -0.39 is 0 Å². The van der Waals surface area contributed by atoms with Crippen molar-refractivity contribution in [3.8, 4) is 0 Å². The summed E-state index contributed by atoms with van der Waals surface area (Å²) in [5.74, 6) is 0. The molecule has 0 spiro atoms. The van der Waals surface area contributed by atoms with Crippen molar-refractivity contribution in [3.63, 3.8) is 0 Å². The maximum Gasteiger partial charge on any atom is 0.0849 e. The van der Waals surface area contributed by atoms with Crippen LogP contribution >= 0.6 is 23.2 Å². The Morgan fingerprint density at radius 3 is 2.63 bits per heavy atom. The Morgan fingerprint density at radius 2 is 1.84 bits per heavy atom. The third-order valence-corrected chi connectivity index (χ3v) is 4.28. The van der Waals surface area contributed by atoms with Crippen molar-refractivity contribution in [1.29, 1.82) is 0 Å². The Morgan fingerprint density at radius 1 is 1.05 bits per heavy atom. The summed E-state index contributed by atoms with van der Waals surface area (Å²) in [5.41, 5.74) is 5.64. The van der Waals surface area contributed by atoms with Crippen molar-refractivity contribution in [2.24, 2.45) is 0 Å². The van der Waals surface area contributed by atoms with Crippen LogP contribution in [0, 0.1) is 6.92 Å². The predicted octanol–water partition coefficient (Wildman–Crippen LogP) is 5.01. The highest BCUT2D eigenvalue weighted by Crippen LogP contribution is 2.35. The molecule has 3 heteroatoms. The first-order valence-corrected chi connectivity index (χ1v) is 7.06. The summed E-state index contributed by atoms with van der Waals surface area (Å²) in [6.45, 7) is 3.40. The molecular formula is C16H14Cl2O. The van der Waals surface area contributed by atoms with E-state index in [1.807, 2.05) is 25.1 Å². The molecule has 1 atom stereocenters. The molecule has 19 heavy (non-hydrogen) atoms. The van der Waals surface area contributed by atoms with E-state index in [2.05, 4.69) is 18.2 Å². The van der Waals surface area contributed by atoms with Crippen LogP contribution in [0.15, 0.2) is 36.4 Å². The fraction of sp³-hybridized carbons (Fsp3) is 0.250. The van der Waals surface area contributed by atoms with Gasteiger partial charge in [-0.1, -0.05) is 41.9 Å². The van der Waals surface area contributed by atoms with Crippen molar-refractivity contribution in [3.05, 3.63) is 69.2 Å². The Bertz CT molecular complexity index is 622. The smallest absolute Gasteiger partial charge is 0.0849 e. The standard InChI is InChI=1S/C16H14Cl2O/c1-10-2-5-14(15(17)6-10)16(18)11-3-4-12-8-19-9-13(12)7-11/h2-7,16H,8-9H2,1H3. The van der Waals surface area contributed by atoms with Crippen molar-refractivity contribution >= 4 is 23.2 Å². The molecule has 2 aromatic carbocycles. The van der Waals surface area contributed by atoms with Gasteiger partial charge in [0.2, 0.25) is 0 Å². The maximum atomic E-state index is 6.57. The van der Waals surface area contributed by atoms with Crippen LogP contribution in [0.5, 0.6) is 0 Å². The van der Waals surface area contributed by atoms with Gasteiger partial charge in [-0.25, -0.2) is 0 Å². The second-order valence-corrected chi connectivity index (χ2v) is 5.75. The SMILES string of the molecule is Cc1ccc(C(Cl)c2ccc3c(c2)COC3)c(Cl)c1. The lowest BCUT2D eigenvalue weighted by atomic mass is 9.99. The number of halogens is 2. The lowest BCUT2D eigenvalue weighted by Crippen LogP contribution is -1.96. The van der Waals surface area contributed by atoms with Gasteiger partial charge in [-0.15, -0.1) is 11.6 Å². The largest absolute Gasteiger partial charge is 0.372 e. The molecule has 1 heterocycles. The summed E-state index contributed by atoms with van der Waals surface area (Å²) in [6.07, 6.45) is 0. The Hall–Kier alpha value is -1.02. The van der Waals surface area contributed by atoms with Crippen LogP contribution in [-0.4, -0.2) is 0 Å². The van der Waals surface area contributed by atoms with Gasteiger partial charge in [0.05, 0.1) is 18.6 Å². The van der Waals surface area contributed by atoms with Crippen LogP contribution < -0.4 is 0 Å². The molecule has 2 aromatic rings. The average Bonchev–Trinajstić information content (AvgIpc) is 2.85. The van der Waals surface area contributed by atoms with Crippen molar-refractivity contribution in [1.82, 2.24) is 0 Å². The minimum Gasteiger partial charge on any atom is -0.372 e. The van der Waals surface area contributed by atoms with Gasteiger partial charge in [0.25, 0.3) is 0 Å². The summed E-state index contributed by atoms with van der Waals surface area (Å²) in [6, 6.07) is 12.3. The van der Waals surface area contributed by atoms with E-state index in [0.29, 0.717) is 13.2 Å². The Balaban J connectivity index is 1.97. The Kier molecular flexibility index (Phi) is 3.53. The van der Waals surface area contributed by atoms with Gasteiger partial charge in [0.15, 0.2) is 0 Å². The lowest BCUT2D eigenvalue weighted by molar-refractivity contribution is 0.134. The molecule has 0 N–H and O–H groups in total. The summed E-state index contributed by atoms with van der Waals surface area (Å²) in [7, 11) is 0. The zero-order valence-corrected chi connectivity index (χ0v) is 12.1. The number of rotatable bonds is 2. The van der Waals surface area contributed by atoms with Gasteiger partial charge in [-0.3, -0.25) is 0 Å². The van der Waals surface area contributed by atoms with Gasteiger partial charge >= 0.3 is 0 Å². The van der Waals surface area contributed by atoms with E-state index in [9.17, 15) is 0 Å². The molecule has 0 aromatic heterocycles. The fourth-order valence-electron chi connectivity index (χ4n) is 2.37. The van der Waals surface area contributed by atoms with Gasteiger partial charge in [0, 0.05) is 5.02 Å². The summed E-state index contributed by atoms with van der Waals surface area (Å²) >= 11 is 12.8. The molecule has 0 saturated heterocycles. The molecule has 1 unspecified atom stereocenters. The number of aryl methyl sites for hydroxylation is 1. The van der Waals surface area contributed by atoms with Crippen LogP contribution in [0.2, 0.25) is 5.02 Å². The summed E-state index contributed by atoms with van der Waals surface area (Å²) < 4.78 is 5.43. The van der Waals surface area contributed by atoms with E-state index in [1.54, 1.807) is 0 Å². The number of hydrogen-bond acceptors (Lipinski definition) is 1. The van der Waals surface area contributed by atoms with Crippen LogP contribution in [0.4, 0.5) is 0 Å². The van der Waals surface area contributed by atoms with Crippen molar-refractivity contribution < 1.29 is 4.74 Å². The number of benzene rings is 2. The molecule has 0 fully saturated rings. The number of alkyl halides is 1. The molecule has 0 amide bonds.